The molecule has 0 saturated carbocycles. The van der Waals surface area contributed by atoms with Gasteiger partial charge in [0.05, 0.1) is 25.7 Å². The number of nitrogens with one attached hydrogen (secondary N) is 1. The van der Waals surface area contributed by atoms with Crippen molar-refractivity contribution in [2.24, 2.45) is 0 Å². The van der Waals surface area contributed by atoms with Crippen molar-refractivity contribution in [3.8, 4) is 17.2 Å². The first-order valence-corrected chi connectivity index (χ1v) is 13.7. The minimum absolute atomic E-state index is 0.00207. The van der Waals surface area contributed by atoms with Gasteiger partial charge in [0.25, 0.3) is 0 Å². The summed E-state index contributed by atoms with van der Waals surface area (Å²) < 4.78 is 22.6. The number of hydrogen-bond acceptors (Lipinski definition) is 8. The molecule has 202 valence electrons. The largest absolute Gasteiger partial charge is 0.497 e. The van der Waals surface area contributed by atoms with Crippen molar-refractivity contribution in [1.29, 1.82) is 0 Å². The number of dihydropyridines is 1. The van der Waals surface area contributed by atoms with E-state index >= 15 is 0 Å². The van der Waals surface area contributed by atoms with Crippen LogP contribution in [0.25, 0.3) is 0 Å². The highest BCUT2D eigenvalue weighted by molar-refractivity contribution is 7.10. The van der Waals surface area contributed by atoms with E-state index in [2.05, 4.69) is 11.4 Å². The van der Waals surface area contributed by atoms with Gasteiger partial charge in [0.1, 0.15) is 30.5 Å². The summed E-state index contributed by atoms with van der Waals surface area (Å²) in [6.07, 6.45) is 1.05. The van der Waals surface area contributed by atoms with E-state index < -0.39 is 11.9 Å². The molecule has 0 radical (unpaired) electrons. The van der Waals surface area contributed by atoms with Gasteiger partial charge >= 0.3 is 5.97 Å². The number of Topliss-reactive ketones (excluding diaryl/α,β-unsaturated/α-hetero) is 1. The van der Waals surface area contributed by atoms with Gasteiger partial charge in [-0.15, -0.1) is 11.3 Å². The molecule has 2 aromatic carbocycles. The summed E-state index contributed by atoms with van der Waals surface area (Å²) in [6, 6.07) is 18.9. The van der Waals surface area contributed by atoms with E-state index in [0.29, 0.717) is 52.5 Å². The number of para-hydroxylation sites is 1. The van der Waals surface area contributed by atoms with E-state index in [1.165, 1.54) is 4.88 Å². The van der Waals surface area contributed by atoms with Crippen molar-refractivity contribution < 1.29 is 28.5 Å². The third kappa shape index (κ3) is 5.56. The van der Waals surface area contributed by atoms with Gasteiger partial charge in [-0.1, -0.05) is 24.3 Å². The lowest BCUT2D eigenvalue weighted by molar-refractivity contribution is -0.140. The van der Waals surface area contributed by atoms with E-state index in [-0.39, 0.29) is 24.9 Å². The highest BCUT2D eigenvalue weighted by Gasteiger charge is 2.42. The van der Waals surface area contributed by atoms with E-state index in [0.717, 1.165) is 5.70 Å². The molecule has 39 heavy (non-hydrogen) atoms. The zero-order valence-electron chi connectivity index (χ0n) is 22.2. The number of allylic oxidation sites excluding steroid dienone is 3. The van der Waals surface area contributed by atoms with E-state index in [4.69, 9.17) is 18.9 Å². The summed E-state index contributed by atoms with van der Waals surface area (Å²) in [4.78, 5) is 28.6. The monoisotopic (exact) mass is 545 g/mol. The molecule has 2 atom stereocenters. The number of carbonyl (C=O) groups is 2. The van der Waals surface area contributed by atoms with Crippen LogP contribution in [-0.2, 0) is 14.3 Å². The van der Waals surface area contributed by atoms with Crippen molar-refractivity contribution in [2.45, 2.75) is 31.6 Å². The minimum Gasteiger partial charge on any atom is -0.497 e. The van der Waals surface area contributed by atoms with Gasteiger partial charge in [-0.25, -0.2) is 4.79 Å². The second kappa shape index (κ2) is 11.8. The highest BCUT2D eigenvalue weighted by atomic mass is 32.1. The smallest absolute Gasteiger partial charge is 0.336 e. The van der Waals surface area contributed by atoms with Crippen LogP contribution in [0.1, 0.15) is 42.0 Å². The average Bonchev–Trinajstić information content (AvgIpc) is 3.50. The number of thiophene rings is 1. The zero-order valence-corrected chi connectivity index (χ0v) is 23.0. The number of carbonyl (C=O) groups excluding carboxylic acids is 2. The highest BCUT2D eigenvalue weighted by Crippen LogP contribution is 2.48. The van der Waals surface area contributed by atoms with Crippen LogP contribution >= 0.6 is 11.3 Å². The lowest BCUT2D eigenvalue weighted by Gasteiger charge is -2.36. The maximum Gasteiger partial charge on any atom is 0.336 e. The van der Waals surface area contributed by atoms with E-state index in [9.17, 15) is 9.59 Å². The lowest BCUT2D eigenvalue weighted by atomic mass is 9.72. The molecule has 0 fully saturated rings. The predicted molar refractivity (Wildman–Crippen MR) is 149 cm³/mol. The number of benzene rings is 2. The third-order valence-corrected chi connectivity index (χ3v) is 8.10. The van der Waals surface area contributed by atoms with Gasteiger partial charge < -0.3 is 24.3 Å². The minimum atomic E-state index is -0.661. The Balaban J connectivity index is 1.48. The fourth-order valence-corrected chi connectivity index (χ4v) is 6.13. The molecule has 0 unspecified atom stereocenters. The van der Waals surface area contributed by atoms with Crippen molar-refractivity contribution in [1.82, 2.24) is 5.32 Å². The third-order valence-electron chi connectivity index (χ3n) is 7.07. The van der Waals surface area contributed by atoms with Gasteiger partial charge in [-0.05, 0) is 55.1 Å². The second-order valence-electron chi connectivity index (χ2n) is 9.44. The first-order valence-electron chi connectivity index (χ1n) is 12.8. The summed E-state index contributed by atoms with van der Waals surface area (Å²) in [5.74, 6) is 0.790. The topological polar surface area (TPSA) is 83.1 Å². The summed E-state index contributed by atoms with van der Waals surface area (Å²) in [7, 11) is 3.16. The molecule has 1 aromatic heterocycles. The Kier molecular flexibility index (Phi) is 8.02. The molecule has 0 bridgehead atoms. The molecule has 7 nitrogen and oxygen atoms in total. The first-order chi connectivity index (χ1) is 19.0. The molecule has 1 N–H and O–H groups in total. The number of hydrogen-bond donors (Lipinski definition) is 1. The summed E-state index contributed by atoms with van der Waals surface area (Å²) in [5.41, 5.74) is 3.12. The molecule has 1 aliphatic carbocycles. The number of ether oxygens (including phenoxy) is 4. The number of ketones is 1. The van der Waals surface area contributed by atoms with Crippen LogP contribution in [0.3, 0.4) is 0 Å². The fourth-order valence-electron chi connectivity index (χ4n) is 5.30. The lowest BCUT2D eigenvalue weighted by Crippen LogP contribution is -2.36. The maximum atomic E-state index is 13.8. The molecule has 2 aliphatic rings. The van der Waals surface area contributed by atoms with Crippen LogP contribution in [0.5, 0.6) is 17.2 Å². The van der Waals surface area contributed by atoms with Crippen molar-refractivity contribution >= 4 is 23.1 Å². The molecule has 8 heteroatoms. The molecule has 0 spiro atoms. The number of esters is 1. The molecule has 0 amide bonds. The van der Waals surface area contributed by atoms with Gasteiger partial charge in [-0.2, -0.15) is 0 Å². The van der Waals surface area contributed by atoms with Crippen LogP contribution < -0.4 is 19.5 Å². The Bertz CT molecular complexity index is 1410. The molecule has 0 saturated heterocycles. The number of methoxy groups -OCH3 is 2. The summed E-state index contributed by atoms with van der Waals surface area (Å²) in [5, 5.41) is 5.42. The zero-order chi connectivity index (χ0) is 27.4. The molecule has 2 heterocycles. The summed E-state index contributed by atoms with van der Waals surface area (Å²) >= 11 is 1.66. The van der Waals surface area contributed by atoms with Gasteiger partial charge in [0.2, 0.25) is 0 Å². The maximum absolute atomic E-state index is 13.8. The van der Waals surface area contributed by atoms with Gasteiger partial charge in [-0.3, -0.25) is 4.79 Å². The molecule has 1 aliphatic heterocycles. The van der Waals surface area contributed by atoms with Crippen LogP contribution in [0, 0.1) is 0 Å². The van der Waals surface area contributed by atoms with Crippen LogP contribution in [0.15, 0.2) is 88.6 Å². The second-order valence-corrected chi connectivity index (χ2v) is 10.4. The van der Waals surface area contributed by atoms with Crippen molar-refractivity contribution in [3.05, 3.63) is 99.0 Å². The molecular formula is C31H31NO6S. The first kappa shape index (κ1) is 26.6. The Hall–Kier alpha value is -4.04. The Morgan fingerprint density at radius 3 is 2.51 bits per heavy atom. The Labute approximate surface area is 232 Å². The van der Waals surface area contributed by atoms with E-state index in [1.807, 2.05) is 54.8 Å². The van der Waals surface area contributed by atoms with Crippen molar-refractivity contribution in [3.63, 3.8) is 0 Å². The van der Waals surface area contributed by atoms with Crippen LogP contribution in [0.4, 0.5) is 0 Å². The standard InChI is InChI=1S/C31H31NO6S/c1-19-28(31(34)38-14-13-37-21-8-5-4-6-9-21)29(23-18-22(35-2)11-12-26(23)36-3)30-24(32-19)16-20(17-25(30)33)27-10-7-15-39-27/h4-12,15,18,20,29,32H,13-14,16-17H2,1-3H3/t20-,29+/m0/s1. The summed E-state index contributed by atoms with van der Waals surface area (Å²) in [6.45, 7) is 2.12. The van der Waals surface area contributed by atoms with Gasteiger partial charge in [0, 0.05) is 39.7 Å². The quantitative estimate of drug-likeness (QED) is 0.271. The normalized spacial score (nSPS) is 18.8. The Morgan fingerprint density at radius 2 is 1.79 bits per heavy atom. The number of rotatable bonds is 9. The molecule has 3 aromatic rings. The Morgan fingerprint density at radius 1 is 0.974 bits per heavy atom. The fraction of sp³-hybridized carbons (Fsp3) is 0.290. The predicted octanol–water partition coefficient (Wildman–Crippen LogP) is 5.75. The molecule has 5 rings (SSSR count). The van der Waals surface area contributed by atoms with Crippen LogP contribution in [0.2, 0.25) is 0 Å². The molecular weight excluding hydrogens is 514 g/mol. The average molecular weight is 546 g/mol. The SMILES string of the molecule is COc1ccc(OC)c([C@@H]2C(C(=O)OCCOc3ccccc3)=C(C)NC3=C2C(=O)C[C@@H](c2cccs2)C3)c1. The van der Waals surface area contributed by atoms with Crippen molar-refractivity contribution in [2.75, 3.05) is 27.4 Å². The van der Waals surface area contributed by atoms with Crippen LogP contribution in [-0.4, -0.2) is 39.2 Å². The van der Waals surface area contributed by atoms with E-state index in [1.54, 1.807) is 37.7 Å². The van der Waals surface area contributed by atoms with Gasteiger partial charge in [0.15, 0.2) is 5.78 Å².